The summed E-state index contributed by atoms with van der Waals surface area (Å²) < 4.78 is 5.70. The number of benzene rings is 1. The van der Waals surface area contributed by atoms with E-state index in [0.717, 1.165) is 17.5 Å². The van der Waals surface area contributed by atoms with Crippen LogP contribution in [0, 0.1) is 6.92 Å². The van der Waals surface area contributed by atoms with Gasteiger partial charge in [0.1, 0.15) is 18.1 Å². The summed E-state index contributed by atoms with van der Waals surface area (Å²) in [6.45, 7) is 8.84. The molecule has 110 valence electrons. The molecular weight excluding hydrogens is 262 g/mol. The van der Waals surface area contributed by atoms with E-state index in [1.165, 1.54) is 5.56 Å². The van der Waals surface area contributed by atoms with Gasteiger partial charge in [0.25, 0.3) is 0 Å². The van der Waals surface area contributed by atoms with Crippen LogP contribution in [0.4, 0.5) is 0 Å². The van der Waals surface area contributed by atoms with Gasteiger partial charge in [-0.05, 0) is 35.6 Å². The Kier molecular flexibility index (Phi) is 4.41. The SMILES string of the molecule is Cc1ccc(OCc2ccc(C(C)(C)C)cc2)c(C=O)n1. The van der Waals surface area contributed by atoms with E-state index in [4.69, 9.17) is 4.74 Å². The van der Waals surface area contributed by atoms with Gasteiger partial charge in [0, 0.05) is 5.69 Å². The van der Waals surface area contributed by atoms with E-state index in [9.17, 15) is 4.79 Å². The predicted octanol–water partition coefficient (Wildman–Crippen LogP) is 4.08. The summed E-state index contributed by atoms with van der Waals surface area (Å²) in [6, 6.07) is 12.0. The summed E-state index contributed by atoms with van der Waals surface area (Å²) in [5, 5.41) is 0. The fourth-order valence-corrected chi connectivity index (χ4v) is 2.03. The van der Waals surface area contributed by atoms with E-state index in [-0.39, 0.29) is 5.41 Å². The van der Waals surface area contributed by atoms with Gasteiger partial charge in [-0.2, -0.15) is 0 Å². The molecule has 0 aliphatic rings. The molecule has 21 heavy (non-hydrogen) atoms. The zero-order valence-electron chi connectivity index (χ0n) is 13.0. The van der Waals surface area contributed by atoms with E-state index in [0.29, 0.717) is 18.1 Å². The van der Waals surface area contributed by atoms with Crippen LogP contribution in [-0.2, 0) is 12.0 Å². The molecule has 2 rings (SSSR count). The number of ether oxygens (including phenoxy) is 1. The fraction of sp³-hybridized carbons (Fsp3) is 0.333. The number of hydrogen-bond acceptors (Lipinski definition) is 3. The highest BCUT2D eigenvalue weighted by Crippen LogP contribution is 2.23. The first-order valence-electron chi connectivity index (χ1n) is 7.05. The molecule has 0 spiro atoms. The van der Waals surface area contributed by atoms with E-state index < -0.39 is 0 Å². The van der Waals surface area contributed by atoms with Gasteiger partial charge in [-0.1, -0.05) is 45.0 Å². The van der Waals surface area contributed by atoms with E-state index in [1.54, 1.807) is 6.07 Å². The van der Waals surface area contributed by atoms with Crippen LogP contribution in [0.15, 0.2) is 36.4 Å². The zero-order valence-corrected chi connectivity index (χ0v) is 13.0. The molecule has 0 fully saturated rings. The van der Waals surface area contributed by atoms with Crippen LogP contribution in [0.5, 0.6) is 5.75 Å². The van der Waals surface area contributed by atoms with E-state index >= 15 is 0 Å². The Morgan fingerprint density at radius 2 is 1.76 bits per heavy atom. The Labute approximate surface area is 126 Å². The lowest BCUT2D eigenvalue weighted by Crippen LogP contribution is -2.11. The number of pyridine rings is 1. The summed E-state index contributed by atoms with van der Waals surface area (Å²) >= 11 is 0. The van der Waals surface area contributed by atoms with Gasteiger partial charge in [-0.25, -0.2) is 4.98 Å². The van der Waals surface area contributed by atoms with Crippen LogP contribution >= 0.6 is 0 Å². The number of rotatable bonds is 4. The van der Waals surface area contributed by atoms with Crippen molar-refractivity contribution in [3.05, 3.63) is 58.9 Å². The molecule has 3 heteroatoms. The fourth-order valence-electron chi connectivity index (χ4n) is 2.03. The molecule has 3 nitrogen and oxygen atoms in total. The van der Waals surface area contributed by atoms with E-state index in [1.807, 2.05) is 13.0 Å². The van der Waals surface area contributed by atoms with Crippen molar-refractivity contribution in [3.8, 4) is 5.75 Å². The molecule has 0 amide bonds. The Balaban J connectivity index is 2.08. The lowest BCUT2D eigenvalue weighted by molar-refractivity contribution is 0.111. The molecule has 0 aliphatic heterocycles. The first kappa shape index (κ1) is 15.2. The summed E-state index contributed by atoms with van der Waals surface area (Å²) in [5.74, 6) is 0.524. The monoisotopic (exact) mass is 283 g/mol. The lowest BCUT2D eigenvalue weighted by Gasteiger charge is -2.19. The van der Waals surface area contributed by atoms with Crippen molar-refractivity contribution in [1.82, 2.24) is 4.98 Å². The second-order valence-corrected chi connectivity index (χ2v) is 6.19. The summed E-state index contributed by atoms with van der Waals surface area (Å²) in [5.41, 5.74) is 3.66. The van der Waals surface area contributed by atoms with E-state index in [2.05, 4.69) is 50.0 Å². The Morgan fingerprint density at radius 1 is 1.10 bits per heavy atom. The predicted molar refractivity (Wildman–Crippen MR) is 83.8 cm³/mol. The first-order chi connectivity index (χ1) is 9.90. The van der Waals surface area contributed by atoms with Gasteiger partial charge in [-0.3, -0.25) is 4.79 Å². The Bertz CT molecular complexity index is 625. The topological polar surface area (TPSA) is 39.2 Å². The molecule has 1 aromatic carbocycles. The molecule has 0 N–H and O–H groups in total. The molecule has 0 unspecified atom stereocenters. The highest BCUT2D eigenvalue weighted by molar-refractivity contribution is 5.76. The normalized spacial score (nSPS) is 11.2. The number of carbonyl (C=O) groups is 1. The van der Waals surface area contributed by atoms with Crippen molar-refractivity contribution in [1.29, 1.82) is 0 Å². The minimum atomic E-state index is 0.144. The molecule has 1 heterocycles. The van der Waals surface area contributed by atoms with Crippen LogP contribution < -0.4 is 4.74 Å². The maximum absolute atomic E-state index is 11.0. The second-order valence-electron chi connectivity index (χ2n) is 6.19. The van der Waals surface area contributed by atoms with Gasteiger partial charge in [0.05, 0.1) is 0 Å². The molecule has 0 saturated heterocycles. The van der Waals surface area contributed by atoms with Gasteiger partial charge >= 0.3 is 0 Å². The van der Waals surface area contributed by atoms with Crippen molar-refractivity contribution < 1.29 is 9.53 Å². The molecule has 0 aliphatic carbocycles. The number of aromatic nitrogens is 1. The van der Waals surface area contributed by atoms with Crippen molar-refractivity contribution in [2.45, 2.75) is 39.7 Å². The van der Waals surface area contributed by atoms with Crippen LogP contribution in [0.25, 0.3) is 0 Å². The minimum Gasteiger partial charge on any atom is -0.487 e. The average molecular weight is 283 g/mol. The quantitative estimate of drug-likeness (QED) is 0.794. The molecule has 0 bridgehead atoms. The zero-order chi connectivity index (χ0) is 15.5. The van der Waals surface area contributed by atoms with Crippen molar-refractivity contribution in [2.24, 2.45) is 0 Å². The van der Waals surface area contributed by atoms with Crippen LogP contribution in [0.1, 0.15) is 48.1 Å². The number of aryl methyl sites for hydroxylation is 1. The third kappa shape index (κ3) is 3.91. The standard InChI is InChI=1S/C18H21NO2/c1-13-5-10-17(16(11-20)19-13)21-12-14-6-8-15(9-7-14)18(2,3)4/h5-11H,12H2,1-4H3. The van der Waals surface area contributed by atoms with Crippen molar-refractivity contribution in [3.63, 3.8) is 0 Å². The van der Waals surface area contributed by atoms with Crippen LogP contribution in [-0.4, -0.2) is 11.3 Å². The Morgan fingerprint density at radius 3 is 2.33 bits per heavy atom. The number of hydrogen-bond donors (Lipinski definition) is 0. The smallest absolute Gasteiger partial charge is 0.172 e. The third-order valence-corrected chi connectivity index (χ3v) is 3.35. The molecule has 0 radical (unpaired) electrons. The second kappa shape index (κ2) is 6.08. The Hall–Kier alpha value is -2.16. The largest absolute Gasteiger partial charge is 0.487 e. The molecule has 1 aromatic heterocycles. The van der Waals surface area contributed by atoms with Crippen LogP contribution in [0.3, 0.4) is 0 Å². The highest BCUT2D eigenvalue weighted by Gasteiger charge is 2.13. The molecule has 2 aromatic rings. The number of aldehydes is 1. The lowest BCUT2D eigenvalue weighted by atomic mass is 9.87. The number of nitrogens with zero attached hydrogens (tertiary/aromatic N) is 1. The molecular formula is C18H21NO2. The number of carbonyl (C=O) groups excluding carboxylic acids is 1. The minimum absolute atomic E-state index is 0.144. The third-order valence-electron chi connectivity index (χ3n) is 3.35. The molecule has 0 saturated carbocycles. The summed E-state index contributed by atoms with van der Waals surface area (Å²) in [6.07, 6.45) is 0.727. The highest BCUT2D eigenvalue weighted by atomic mass is 16.5. The van der Waals surface area contributed by atoms with Crippen molar-refractivity contribution in [2.75, 3.05) is 0 Å². The summed E-state index contributed by atoms with van der Waals surface area (Å²) in [7, 11) is 0. The average Bonchev–Trinajstić information content (AvgIpc) is 2.45. The maximum atomic E-state index is 11.0. The molecule has 0 atom stereocenters. The first-order valence-corrected chi connectivity index (χ1v) is 7.05. The summed E-state index contributed by atoms with van der Waals surface area (Å²) in [4.78, 5) is 15.2. The van der Waals surface area contributed by atoms with Gasteiger partial charge in [-0.15, -0.1) is 0 Å². The van der Waals surface area contributed by atoms with Crippen molar-refractivity contribution >= 4 is 6.29 Å². The maximum Gasteiger partial charge on any atom is 0.172 e. The van der Waals surface area contributed by atoms with Gasteiger partial charge < -0.3 is 4.74 Å². The van der Waals surface area contributed by atoms with Crippen LogP contribution in [0.2, 0.25) is 0 Å². The van der Waals surface area contributed by atoms with Gasteiger partial charge in [0.15, 0.2) is 6.29 Å². The van der Waals surface area contributed by atoms with Gasteiger partial charge in [0.2, 0.25) is 0 Å².